The molecule has 0 bridgehead atoms. The van der Waals surface area contributed by atoms with Crippen molar-refractivity contribution in [3.05, 3.63) is 29.3 Å². The predicted octanol–water partition coefficient (Wildman–Crippen LogP) is 3.02. The van der Waals surface area contributed by atoms with Crippen LogP contribution in [0.4, 0.5) is 0 Å². The molecule has 1 aromatic carbocycles. The Labute approximate surface area is 107 Å². The lowest BCUT2D eigenvalue weighted by Crippen LogP contribution is -2.40. The SMILES string of the molecule is CC[C@@H](C)NC(=O)[C@H](C)Oc1cccc(Cl)c1. The Kier molecular flexibility index (Phi) is 5.29. The van der Waals surface area contributed by atoms with Gasteiger partial charge in [0.1, 0.15) is 5.75 Å². The van der Waals surface area contributed by atoms with E-state index in [-0.39, 0.29) is 11.9 Å². The second-order valence-electron chi connectivity index (χ2n) is 4.04. The van der Waals surface area contributed by atoms with Crippen LogP contribution in [0.25, 0.3) is 0 Å². The molecule has 1 rings (SSSR count). The number of carbonyl (C=O) groups excluding carboxylic acids is 1. The number of rotatable bonds is 5. The van der Waals surface area contributed by atoms with Gasteiger partial charge >= 0.3 is 0 Å². The number of carbonyl (C=O) groups is 1. The summed E-state index contributed by atoms with van der Waals surface area (Å²) in [5.41, 5.74) is 0. The van der Waals surface area contributed by atoms with E-state index in [0.29, 0.717) is 10.8 Å². The molecule has 0 aliphatic carbocycles. The molecule has 4 heteroatoms. The molecule has 0 saturated carbocycles. The van der Waals surface area contributed by atoms with E-state index in [1.54, 1.807) is 31.2 Å². The number of halogens is 1. The molecule has 0 aromatic heterocycles. The highest BCUT2D eigenvalue weighted by atomic mass is 35.5. The average molecular weight is 256 g/mol. The summed E-state index contributed by atoms with van der Waals surface area (Å²) in [5.74, 6) is 0.489. The lowest BCUT2D eigenvalue weighted by Gasteiger charge is -2.17. The monoisotopic (exact) mass is 255 g/mol. The van der Waals surface area contributed by atoms with E-state index in [1.165, 1.54) is 0 Å². The molecule has 1 amide bonds. The Morgan fingerprint density at radius 1 is 1.47 bits per heavy atom. The lowest BCUT2D eigenvalue weighted by atomic mass is 10.2. The molecule has 0 aliphatic heterocycles. The molecule has 0 unspecified atom stereocenters. The van der Waals surface area contributed by atoms with Crippen molar-refractivity contribution in [1.29, 1.82) is 0 Å². The van der Waals surface area contributed by atoms with Gasteiger partial charge in [0, 0.05) is 11.1 Å². The molecular weight excluding hydrogens is 238 g/mol. The van der Waals surface area contributed by atoms with Crippen LogP contribution in [0.3, 0.4) is 0 Å². The smallest absolute Gasteiger partial charge is 0.260 e. The largest absolute Gasteiger partial charge is 0.481 e. The van der Waals surface area contributed by atoms with E-state index >= 15 is 0 Å². The van der Waals surface area contributed by atoms with Crippen LogP contribution in [-0.4, -0.2) is 18.1 Å². The fourth-order valence-corrected chi connectivity index (χ4v) is 1.44. The molecule has 2 atom stereocenters. The molecule has 0 saturated heterocycles. The van der Waals surface area contributed by atoms with Crippen molar-refractivity contribution >= 4 is 17.5 Å². The molecule has 0 aliphatic rings. The summed E-state index contributed by atoms with van der Waals surface area (Å²) in [4.78, 5) is 11.7. The maximum absolute atomic E-state index is 11.7. The van der Waals surface area contributed by atoms with Gasteiger partial charge < -0.3 is 10.1 Å². The molecule has 0 heterocycles. The van der Waals surface area contributed by atoms with Crippen molar-refractivity contribution in [1.82, 2.24) is 5.32 Å². The van der Waals surface area contributed by atoms with Crippen LogP contribution in [0.15, 0.2) is 24.3 Å². The van der Waals surface area contributed by atoms with Crippen molar-refractivity contribution < 1.29 is 9.53 Å². The van der Waals surface area contributed by atoms with Crippen LogP contribution in [0.5, 0.6) is 5.75 Å². The van der Waals surface area contributed by atoms with Crippen molar-refractivity contribution in [3.63, 3.8) is 0 Å². The Morgan fingerprint density at radius 2 is 2.18 bits per heavy atom. The third kappa shape index (κ3) is 4.65. The molecule has 17 heavy (non-hydrogen) atoms. The standard InChI is InChI=1S/C13H18ClNO2/c1-4-9(2)15-13(16)10(3)17-12-7-5-6-11(14)8-12/h5-10H,4H2,1-3H3,(H,15,16)/t9-,10+/m1/s1. The minimum absolute atomic E-state index is 0.112. The van der Waals surface area contributed by atoms with Gasteiger partial charge in [0.05, 0.1) is 0 Å². The Balaban J connectivity index is 2.54. The molecule has 0 radical (unpaired) electrons. The van der Waals surface area contributed by atoms with Gasteiger partial charge in [0.15, 0.2) is 6.10 Å². The van der Waals surface area contributed by atoms with E-state index in [1.807, 2.05) is 13.8 Å². The number of hydrogen-bond donors (Lipinski definition) is 1. The molecule has 0 fully saturated rings. The van der Waals surface area contributed by atoms with Crippen molar-refractivity contribution in [2.75, 3.05) is 0 Å². The first-order valence-electron chi connectivity index (χ1n) is 5.75. The lowest BCUT2D eigenvalue weighted by molar-refractivity contribution is -0.127. The first-order valence-corrected chi connectivity index (χ1v) is 6.13. The molecule has 3 nitrogen and oxygen atoms in total. The molecule has 0 spiro atoms. The first-order chi connectivity index (χ1) is 8.02. The number of ether oxygens (including phenoxy) is 1. The molecular formula is C13H18ClNO2. The summed E-state index contributed by atoms with van der Waals surface area (Å²) < 4.78 is 5.51. The zero-order chi connectivity index (χ0) is 12.8. The van der Waals surface area contributed by atoms with Gasteiger partial charge in [0.2, 0.25) is 0 Å². The average Bonchev–Trinajstić information content (AvgIpc) is 2.28. The van der Waals surface area contributed by atoms with Gasteiger partial charge in [0.25, 0.3) is 5.91 Å². The quantitative estimate of drug-likeness (QED) is 0.878. The van der Waals surface area contributed by atoms with Crippen molar-refractivity contribution in [2.24, 2.45) is 0 Å². The van der Waals surface area contributed by atoms with Gasteiger partial charge in [-0.15, -0.1) is 0 Å². The number of amides is 1. The highest BCUT2D eigenvalue weighted by Gasteiger charge is 2.16. The van der Waals surface area contributed by atoms with Crippen molar-refractivity contribution in [2.45, 2.75) is 39.3 Å². The summed E-state index contributed by atoms with van der Waals surface area (Å²) in [6.45, 7) is 5.70. The van der Waals surface area contributed by atoms with Crippen molar-refractivity contribution in [3.8, 4) is 5.75 Å². The Morgan fingerprint density at radius 3 is 2.76 bits per heavy atom. The fourth-order valence-electron chi connectivity index (χ4n) is 1.26. The van der Waals surface area contributed by atoms with Gasteiger partial charge in [-0.25, -0.2) is 0 Å². The second-order valence-corrected chi connectivity index (χ2v) is 4.47. The fraction of sp³-hybridized carbons (Fsp3) is 0.462. The topological polar surface area (TPSA) is 38.3 Å². The molecule has 1 aromatic rings. The van der Waals surface area contributed by atoms with E-state index in [2.05, 4.69) is 5.32 Å². The Bertz CT molecular complexity index is 381. The normalized spacial score (nSPS) is 13.9. The van der Waals surface area contributed by atoms with Gasteiger partial charge in [-0.05, 0) is 38.5 Å². The summed E-state index contributed by atoms with van der Waals surface area (Å²) in [6.07, 6.45) is 0.373. The van der Waals surface area contributed by atoms with Crippen LogP contribution in [0.2, 0.25) is 5.02 Å². The van der Waals surface area contributed by atoms with E-state index < -0.39 is 6.10 Å². The number of hydrogen-bond acceptors (Lipinski definition) is 2. The summed E-state index contributed by atoms with van der Waals surface area (Å²) in [6, 6.07) is 7.18. The third-order valence-electron chi connectivity index (χ3n) is 2.48. The van der Waals surface area contributed by atoms with Crippen LogP contribution < -0.4 is 10.1 Å². The summed E-state index contributed by atoms with van der Waals surface area (Å²) in [7, 11) is 0. The van der Waals surface area contributed by atoms with E-state index in [4.69, 9.17) is 16.3 Å². The summed E-state index contributed by atoms with van der Waals surface area (Å²) >= 11 is 5.83. The van der Waals surface area contributed by atoms with Crippen LogP contribution in [-0.2, 0) is 4.79 Å². The van der Waals surface area contributed by atoms with Crippen LogP contribution in [0, 0.1) is 0 Å². The van der Waals surface area contributed by atoms with E-state index in [9.17, 15) is 4.79 Å². The maximum Gasteiger partial charge on any atom is 0.260 e. The highest BCUT2D eigenvalue weighted by molar-refractivity contribution is 6.30. The molecule has 94 valence electrons. The Hall–Kier alpha value is -1.22. The zero-order valence-electron chi connectivity index (χ0n) is 10.4. The molecule has 1 N–H and O–H groups in total. The van der Waals surface area contributed by atoms with Gasteiger partial charge in [-0.1, -0.05) is 24.6 Å². The number of benzene rings is 1. The highest BCUT2D eigenvalue weighted by Crippen LogP contribution is 2.18. The summed E-state index contributed by atoms with van der Waals surface area (Å²) in [5, 5.41) is 3.46. The second kappa shape index (κ2) is 6.50. The maximum atomic E-state index is 11.7. The zero-order valence-corrected chi connectivity index (χ0v) is 11.1. The third-order valence-corrected chi connectivity index (χ3v) is 2.71. The van der Waals surface area contributed by atoms with Crippen LogP contribution in [0.1, 0.15) is 27.2 Å². The van der Waals surface area contributed by atoms with Gasteiger partial charge in [-0.3, -0.25) is 4.79 Å². The predicted molar refractivity (Wildman–Crippen MR) is 69.4 cm³/mol. The van der Waals surface area contributed by atoms with Crippen LogP contribution >= 0.6 is 11.6 Å². The minimum Gasteiger partial charge on any atom is -0.481 e. The first kappa shape index (κ1) is 13.8. The number of nitrogens with one attached hydrogen (secondary N) is 1. The van der Waals surface area contributed by atoms with Gasteiger partial charge in [-0.2, -0.15) is 0 Å². The minimum atomic E-state index is -0.525. The van der Waals surface area contributed by atoms with E-state index in [0.717, 1.165) is 6.42 Å².